The Morgan fingerprint density at radius 2 is 2.28 bits per heavy atom. The van der Waals surface area contributed by atoms with E-state index in [1.807, 2.05) is 24.3 Å². The zero-order valence-corrected chi connectivity index (χ0v) is 11.6. The zero-order chi connectivity index (χ0) is 12.8. The predicted molar refractivity (Wildman–Crippen MR) is 75.3 cm³/mol. The first kappa shape index (κ1) is 13.0. The second-order valence-corrected chi connectivity index (χ2v) is 5.51. The van der Waals surface area contributed by atoms with Crippen LogP contribution in [0.5, 0.6) is 0 Å². The molecular formula is C12H13N3OS2. The maximum atomic E-state index is 12.1. The van der Waals surface area contributed by atoms with Crippen molar-refractivity contribution in [1.29, 1.82) is 0 Å². The molecule has 0 saturated carbocycles. The van der Waals surface area contributed by atoms with Gasteiger partial charge in [0.1, 0.15) is 5.51 Å². The lowest BCUT2D eigenvalue weighted by Gasteiger charge is -2.07. The summed E-state index contributed by atoms with van der Waals surface area (Å²) in [6, 6.07) is 7.61. The lowest BCUT2D eigenvalue weighted by Crippen LogP contribution is -2.12. The van der Waals surface area contributed by atoms with Crippen LogP contribution in [-0.4, -0.2) is 21.9 Å². The third kappa shape index (κ3) is 3.30. The van der Waals surface area contributed by atoms with Crippen LogP contribution >= 0.6 is 23.1 Å². The third-order valence-corrected chi connectivity index (χ3v) is 4.06. The molecule has 94 valence electrons. The lowest BCUT2D eigenvalue weighted by atomic mass is 10.2. The lowest BCUT2D eigenvalue weighted by molar-refractivity contribution is 0.102. The fraction of sp³-hybridized carbons (Fsp3) is 0.250. The maximum Gasteiger partial charge on any atom is 0.258 e. The Labute approximate surface area is 114 Å². The van der Waals surface area contributed by atoms with E-state index in [1.54, 1.807) is 17.3 Å². The number of nitrogens with one attached hydrogen (secondary N) is 1. The van der Waals surface area contributed by atoms with Crippen molar-refractivity contribution in [2.24, 2.45) is 0 Å². The van der Waals surface area contributed by atoms with Crippen LogP contribution in [0.2, 0.25) is 0 Å². The van der Waals surface area contributed by atoms with E-state index in [-0.39, 0.29) is 5.91 Å². The largest absolute Gasteiger partial charge is 0.296 e. The van der Waals surface area contributed by atoms with Crippen LogP contribution in [0.3, 0.4) is 0 Å². The molecule has 0 atom stereocenters. The molecule has 1 aromatic carbocycles. The van der Waals surface area contributed by atoms with Crippen LogP contribution in [0.25, 0.3) is 0 Å². The van der Waals surface area contributed by atoms with E-state index in [2.05, 4.69) is 22.4 Å². The number of amides is 1. The molecular weight excluding hydrogens is 266 g/mol. The highest BCUT2D eigenvalue weighted by atomic mass is 32.2. The summed E-state index contributed by atoms with van der Waals surface area (Å²) in [6.45, 7) is 2.12. The van der Waals surface area contributed by atoms with Gasteiger partial charge in [0.2, 0.25) is 5.13 Å². The normalized spacial score (nSPS) is 10.3. The number of carbonyl (C=O) groups is 1. The molecule has 0 fully saturated rings. The van der Waals surface area contributed by atoms with Gasteiger partial charge < -0.3 is 0 Å². The predicted octanol–water partition coefficient (Wildman–Crippen LogP) is 3.29. The van der Waals surface area contributed by atoms with Crippen molar-refractivity contribution < 1.29 is 4.79 Å². The van der Waals surface area contributed by atoms with Crippen molar-refractivity contribution in [3.63, 3.8) is 0 Å². The van der Waals surface area contributed by atoms with Gasteiger partial charge >= 0.3 is 0 Å². The molecule has 1 N–H and O–H groups in total. The van der Waals surface area contributed by atoms with Crippen molar-refractivity contribution >= 4 is 34.1 Å². The Kier molecular flexibility index (Phi) is 4.72. The molecule has 6 heteroatoms. The Hall–Kier alpha value is -1.40. The number of rotatable bonds is 5. The van der Waals surface area contributed by atoms with Gasteiger partial charge in [-0.05, 0) is 24.3 Å². The molecule has 0 saturated heterocycles. The minimum absolute atomic E-state index is 0.133. The summed E-state index contributed by atoms with van der Waals surface area (Å²) in [5.74, 6) is 0.870. The number of anilines is 1. The fourth-order valence-electron chi connectivity index (χ4n) is 1.38. The number of hydrogen-bond acceptors (Lipinski definition) is 5. The molecule has 0 radical (unpaired) electrons. The molecule has 0 aliphatic heterocycles. The highest BCUT2D eigenvalue weighted by Gasteiger charge is 2.12. The Morgan fingerprint density at radius 1 is 1.44 bits per heavy atom. The summed E-state index contributed by atoms with van der Waals surface area (Å²) < 4.78 is 0. The van der Waals surface area contributed by atoms with Gasteiger partial charge in [-0.2, -0.15) is 0 Å². The van der Waals surface area contributed by atoms with Crippen LogP contribution in [0.15, 0.2) is 34.7 Å². The first-order chi connectivity index (χ1) is 8.81. The van der Waals surface area contributed by atoms with E-state index >= 15 is 0 Å². The Balaban J connectivity index is 2.13. The zero-order valence-electron chi connectivity index (χ0n) is 9.92. The van der Waals surface area contributed by atoms with Crippen LogP contribution in [0, 0.1) is 0 Å². The third-order valence-electron chi connectivity index (χ3n) is 2.17. The van der Waals surface area contributed by atoms with E-state index in [1.165, 1.54) is 11.3 Å². The van der Waals surface area contributed by atoms with Crippen molar-refractivity contribution in [2.75, 3.05) is 11.1 Å². The SMILES string of the molecule is CCCSc1ccccc1C(=O)Nc1nncs1. The Bertz CT molecular complexity index is 514. The molecule has 1 amide bonds. The average molecular weight is 279 g/mol. The number of hydrogen-bond donors (Lipinski definition) is 1. The van der Waals surface area contributed by atoms with Gasteiger partial charge in [-0.15, -0.1) is 22.0 Å². The summed E-state index contributed by atoms with van der Waals surface area (Å²) >= 11 is 3.00. The molecule has 0 aliphatic carbocycles. The number of benzene rings is 1. The molecule has 4 nitrogen and oxygen atoms in total. The molecule has 0 bridgehead atoms. The minimum Gasteiger partial charge on any atom is -0.296 e. The van der Waals surface area contributed by atoms with E-state index in [4.69, 9.17) is 0 Å². The summed E-state index contributed by atoms with van der Waals surface area (Å²) in [7, 11) is 0. The summed E-state index contributed by atoms with van der Waals surface area (Å²) in [4.78, 5) is 13.1. The minimum atomic E-state index is -0.133. The van der Waals surface area contributed by atoms with Gasteiger partial charge in [0.25, 0.3) is 5.91 Å². The monoisotopic (exact) mass is 279 g/mol. The molecule has 1 heterocycles. The summed E-state index contributed by atoms with van der Waals surface area (Å²) in [6.07, 6.45) is 1.08. The molecule has 0 spiro atoms. The van der Waals surface area contributed by atoms with Crippen molar-refractivity contribution in [1.82, 2.24) is 10.2 Å². The van der Waals surface area contributed by atoms with Crippen molar-refractivity contribution in [3.8, 4) is 0 Å². The molecule has 2 aromatic rings. The molecule has 0 aliphatic rings. The van der Waals surface area contributed by atoms with E-state index in [9.17, 15) is 4.79 Å². The smallest absolute Gasteiger partial charge is 0.258 e. The van der Waals surface area contributed by atoms with Crippen LogP contribution in [0.4, 0.5) is 5.13 Å². The number of carbonyl (C=O) groups excluding carboxylic acids is 1. The van der Waals surface area contributed by atoms with Gasteiger partial charge in [-0.3, -0.25) is 10.1 Å². The second-order valence-electron chi connectivity index (χ2n) is 3.54. The van der Waals surface area contributed by atoms with Crippen LogP contribution < -0.4 is 5.32 Å². The van der Waals surface area contributed by atoms with Gasteiger partial charge in [0.05, 0.1) is 5.56 Å². The highest BCUT2D eigenvalue weighted by molar-refractivity contribution is 7.99. The van der Waals surface area contributed by atoms with E-state index in [0.29, 0.717) is 10.7 Å². The number of aromatic nitrogens is 2. The van der Waals surface area contributed by atoms with E-state index < -0.39 is 0 Å². The van der Waals surface area contributed by atoms with Gasteiger partial charge in [-0.25, -0.2) is 0 Å². The maximum absolute atomic E-state index is 12.1. The van der Waals surface area contributed by atoms with Gasteiger partial charge in [-0.1, -0.05) is 30.4 Å². The van der Waals surface area contributed by atoms with Crippen LogP contribution in [-0.2, 0) is 0 Å². The van der Waals surface area contributed by atoms with Gasteiger partial charge in [0.15, 0.2) is 0 Å². The van der Waals surface area contributed by atoms with Crippen molar-refractivity contribution in [3.05, 3.63) is 35.3 Å². The highest BCUT2D eigenvalue weighted by Crippen LogP contribution is 2.24. The number of nitrogens with zero attached hydrogens (tertiary/aromatic N) is 2. The molecule has 2 rings (SSSR count). The quantitative estimate of drug-likeness (QED) is 0.853. The molecule has 18 heavy (non-hydrogen) atoms. The first-order valence-corrected chi connectivity index (χ1v) is 7.47. The summed E-state index contributed by atoms with van der Waals surface area (Å²) in [5.41, 5.74) is 2.28. The van der Waals surface area contributed by atoms with Crippen LogP contribution in [0.1, 0.15) is 23.7 Å². The average Bonchev–Trinajstić information content (AvgIpc) is 2.89. The second kappa shape index (κ2) is 6.51. The van der Waals surface area contributed by atoms with Gasteiger partial charge in [0, 0.05) is 4.90 Å². The topological polar surface area (TPSA) is 54.9 Å². The number of thioether (sulfide) groups is 1. The molecule has 1 aromatic heterocycles. The molecule has 0 unspecified atom stereocenters. The van der Waals surface area contributed by atoms with E-state index in [0.717, 1.165) is 17.1 Å². The first-order valence-electron chi connectivity index (χ1n) is 5.60. The summed E-state index contributed by atoms with van der Waals surface area (Å²) in [5, 5.41) is 10.8. The van der Waals surface area contributed by atoms with Crippen molar-refractivity contribution in [2.45, 2.75) is 18.2 Å². The standard InChI is InChI=1S/C12H13N3OS2/c1-2-7-17-10-6-4-3-5-9(10)11(16)14-12-15-13-8-18-12/h3-6,8H,2,7H2,1H3,(H,14,15,16). The fourth-order valence-corrected chi connectivity index (χ4v) is 2.74. The Morgan fingerprint density at radius 3 is 3.00 bits per heavy atom.